The number of nitrogens with zero attached hydrogens (tertiary/aromatic N) is 1. The fourth-order valence-electron chi connectivity index (χ4n) is 5.89. The first-order chi connectivity index (χ1) is 17.7. The zero-order valence-electron chi connectivity index (χ0n) is 19.2. The van der Waals surface area contributed by atoms with Crippen molar-refractivity contribution in [3.8, 4) is 11.5 Å². The normalized spacial score (nSPS) is 26.1. The molecule has 6 rings (SSSR count). The van der Waals surface area contributed by atoms with E-state index in [4.69, 9.17) is 0 Å². The number of likely N-dealkylation sites (tertiary alicyclic amines) is 1. The number of fused-ring (bicyclic) bond motifs is 4. The zero-order valence-corrected chi connectivity index (χ0v) is 19.2. The molecule has 0 radical (unpaired) electrons. The van der Waals surface area contributed by atoms with Gasteiger partial charge in [-0.2, -0.15) is 0 Å². The molecule has 10 heteroatoms. The summed E-state index contributed by atoms with van der Waals surface area (Å²) in [5, 5.41) is 25.5. The monoisotopic (exact) mass is 505 g/mol. The molecule has 37 heavy (non-hydrogen) atoms. The summed E-state index contributed by atoms with van der Waals surface area (Å²) in [6.07, 6.45) is 0.137. The summed E-state index contributed by atoms with van der Waals surface area (Å²) in [4.78, 5) is 42.1. The first kappa shape index (κ1) is 23.1. The lowest BCUT2D eigenvalue weighted by Gasteiger charge is -2.29. The molecule has 188 valence electrons. The zero-order chi connectivity index (χ0) is 26.1. The number of carbonyl (C=O) groups is 3. The highest BCUT2D eigenvalue weighted by atomic mass is 19.1. The lowest BCUT2D eigenvalue weighted by Crippen LogP contribution is -2.53. The number of hydrogen-bond acceptors (Lipinski definition) is 6. The van der Waals surface area contributed by atoms with Gasteiger partial charge in [-0.3, -0.25) is 24.6 Å². The third-order valence-corrected chi connectivity index (χ3v) is 7.52. The standard InChI is InChI=1S/C27H21F2N3O5/c28-15-4-1-13(2-5-15)12-32-24(35)22-19(9-14-3-8-20(33)21(34)10-14)31-27(23(22)25(32)36)17-11-16(29)6-7-18(17)30-26(27)37/h1-8,10-11,19,22-23,31,33-34H,9,12H2,(H,30,37)/t19-,22-,23+,27-/m1/s1. The van der Waals surface area contributed by atoms with E-state index in [1.807, 2.05) is 0 Å². The fraction of sp³-hybridized carbons (Fsp3) is 0.222. The predicted octanol–water partition coefficient (Wildman–Crippen LogP) is 2.54. The summed E-state index contributed by atoms with van der Waals surface area (Å²) >= 11 is 0. The number of anilines is 1. The average Bonchev–Trinajstić information content (AvgIpc) is 3.43. The van der Waals surface area contributed by atoms with E-state index in [1.54, 1.807) is 6.07 Å². The van der Waals surface area contributed by atoms with Crippen molar-refractivity contribution in [1.29, 1.82) is 0 Å². The Kier molecular flexibility index (Phi) is 5.06. The number of aromatic hydroxyl groups is 2. The number of nitrogens with one attached hydrogen (secondary N) is 2. The van der Waals surface area contributed by atoms with Crippen molar-refractivity contribution < 1.29 is 33.4 Å². The van der Waals surface area contributed by atoms with Gasteiger partial charge < -0.3 is 15.5 Å². The lowest BCUT2D eigenvalue weighted by atomic mass is 9.76. The Morgan fingerprint density at radius 2 is 1.54 bits per heavy atom. The Morgan fingerprint density at radius 3 is 2.27 bits per heavy atom. The second-order valence-electron chi connectivity index (χ2n) is 9.62. The maximum absolute atomic E-state index is 14.4. The van der Waals surface area contributed by atoms with Gasteiger partial charge in [0.25, 0.3) is 0 Å². The van der Waals surface area contributed by atoms with E-state index in [-0.39, 0.29) is 30.0 Å². The van der Waals surface area contributed by atoms with Gasteiger partial charge in [-0.25, -0.2) is 8.78 Å². The van der Waals surface area contributed by atoms with Crippen LogP contribution in [0.1, 0.15) is 16.7 Å². The van der Waals surface area contributed by atoms with Gasteiger partial charge in [0.2, 0.25) is 17.7 Å². The molecule has 0 unspecified atom stereocenters. The molecule has 1 spiro atoms. The number of benzene rings is 3. The van der Waals surface area contributed by atoms with Crippen LogP contribution in [0.5, 0.6) is 11.5 Å². The van der Waals surface area contributed by atoms with Crippen molar-refractivity contribution in [1.82, 2.24) is 10.2 Å². The van der Waals surface area contributed by atoms with E-state index < -0.39 is 52.8 Å². The maximum Gasteiger partial charge on any atom is 0.250 e. The van der Waals surface area contributed by atoms with Gasteiger partial charge in [-0.05, 0) is 60.0 Å². The first-order valence-corrected chi connectivity index (χ1v) is 11.7. The van der Waals surface area contributed by atoms with Crippen molar-refractivity contribution in [2.24, 2.45) is 11.8 Å². The number of phenolic OH excluding ortho intramolecular Hbond substituents is 2. The summed E-state index contributed by atoms with van der Waals surface area (Å²) in [6.45, 7) is -0.106. The SMILES string of the molecule is O=C1[C@H]2[C@@H](C(=O)N1Cc1ccc(F)cc1)[C@@]1(N[C@@H]2Cc2ccc(O)c(O)c2)C(=O)Nc2ccc(F)cc21. The largest absolute Gasteiger partial charge is 0.504 e. The van der Waals surface area contributed by atoms with E-state index >= 15 is 0 Å². The third-order valence-electron chi connectivity index (χ3n) is 7.52. The molecule has 3 heterocycles. The minimum atomic E-state index is -1.68. The molecule has 3 aromatic carbocycles. The van der Waals surface area contributed by atoms with Crippen LogP contribution in [-0.4, -0.2) is 38.9 Å². The molecule has 4 N–H and O–H groups in total. The van der Waals surface area contributed by atoms with Crippen LogP contribution < -0.4 is 10.6 Å². The van der Waals surface area contributed by atoms with Gasteiger partial charge in [0.1, 0.15) is 17.2 Å². The Morgan fingerprint density at radius 1 is 0.838 bits per heavy atom. The van der Waals surface area contributed by atoms with E-state index in [1.165, 1.54) is 54.6 Å². The minimum Gasteiger partial charge on any atom is -0.504 e. The van der Waals surface area contributed by atoms with Crippen molar-refractivity contribution in [2.75, 3.05) is 5.32 Å². The van der Waals surface area contributed by atoms with E-state index in [2.05, 4.69) is 10.6 Å². The number of carbonyl (C=O) groups excluding carboxylic acids is 3. The Bertz CT molecular complexity index is 1480. The summed E-state index contributed by atoms with van der Waals surface area (Å²) in [5.41, 5.74) is -0.00649. The van der Waals surface area contributed by atoms with Crippen molar-refractivity contribution >= 4 is 23.4 Å². The highest BCUT2D eigenvalue weighted by Gasteiger charge is 2.70. The molecular weight excluding hydrogens is 484 g/mol. The molecule has 0 aliphatic carbocycles. The molecule has 3 aliphatic rings. The van der Waals surface area contributed by atoms with Crippen LogP contribution in [0.3, 0.4) is 0 Å². The van der Waals surface area contributed by atoms with Gasteiger partial charge in [-0.1, -0.05) is 18.2 Å². The Hall–Kier alpha value is -4.31. The number of amides is 3. The number of rotatable bonds is 4. The van der Waals surface area contributed by atoms with Gasteiger partial charge in [-0.15, -0.1) is 0 Å². The summed E-state index contributed by atoms with van der Waals surface area (Å²) in [5.74, 6) is -5.49. The van der Waals surface area contributed by atoms with Crippen LogP contribution in [0.2, 0.25) is 0 Å². The first-order valence-electron chi connectivity index (χ1n) is 11.7. The predicted molar refractivity (Wildman–Crippen MR) is 126 cm³/mol. The van der Waals surface area contributed by atoms with Gasteiger partial charge in [0.15, 0.2) is 11.5 Å². The fourth-order valence-corrected chi connectivity index (χ4v) is 5.89. The van der Waals surface area contributed by atoms with Gasteiger partial charge >= 0.3 is 0 Å². The molecule has 0 aromatic heterocycles. The smallest absolute Gasteiger partial charge is 0.250 e. The molecule has 3 amide bonds. The highest BCUT2D eigenvalue weighted by Crippen LogP contribution is 2.53. The van der Waals surface area contributed by atoms with Crippen LogP contribution in [0.15, 0.2) is 60.7 Å². The van der Waals surface area contributed by atoms with E-state index in [0.29, 0.717) is 16.8 Å². The Labute approximate surface area is 209 Å². The summed E-state index contributed by atoms with van der Waals surface area (Å²) in [6, 6.07) is 12.7. The summed E-state index contributed by atoms with van der Waals surface area (Å²) < 4.78 is 27.8. The van der Waals surface area contributed by atoms with Crippen molar-refractivity contribution in [3.05, 3.63) is 89.0 Å². The topological polar surface area (TPSA) is 119 Å². The number of hydrogen-bond donors (Lipinski definition) is 4. The number of halogens is 2. The molecule has 3 aliphatic heterocycles. The molecule has 2 saturated heterocycles. The van der Waals surface area contributed by atoms with E-state index in [9.17, 15) is 33.4 Å². The lowest BCUT2D eigenvalue weighted by molar-refractivity contribution is -0.143. The van der Waals surface area contributed by atoms with Crippen LogP contribution >= 0.6 is 0 Å². The quantitative estimate of drug-likeness (QED) is 0.320. The second kappa shape index (κ2) is 8.10. The van der Waals surface area contributed by atoms with E-state index in [0.717, 1.165) is 4.90 Å². The maximum atomic E-state index is 14.4. The van der Waals surface area contributed by atoms with Gasteiger partial charge in [0.05, 0.1) is 18.4 Å². The highest BCUT2D eigenvalue weighted by molar-refractivity contribution is 6.15. The minimum absolute atomic E-state index is 0.106. The van der Waals surface area contributed by atoms with Gasteiger partial charge in [0, 0.05) is 17.3 Å². The molecule has 4 atom stereocenters. The van der Waals surface area contributed by atoms with Crippen LogP contribution in [0, 0.1) is 23.5 Å². The Balaban J connectivity index is 1.44. The summed E-state index contributed by atoms with van der Waals surface area (Å²) in [7, 11) is 0. The second-order valence-corrected chi connectivity index (χ2v) is 9.62. The van der Waals surface area contributed by atoms with Crippen LogP contribution in [0.25, 0.3) is 0 Å². The molecule has 8 nitrogen and oxygen atoms in total. The average molecular weight is 505 g/mol. The number of imide groups is 1. The molecule has 0 saturated carbocycles. The van der Waals surface area contributed by atoms with Crippen molar-refractivity contribution in [3.63, 3.8) is 0 Å². The number of phenols is 2. The molecule has 2 fully saturated rings. The third kappa shape index (κ3) is 3.40. The molecular formula is C27H21F2N3O5. The van der Waals surface area contributed by atoms with Crippen LogP contribution in [-0.2, 0) is 32.9 Å². The van der Waals surface area contributed by atoms with Crippen molar-refractivity contribution in [2.45, 2.75) is 24.5 Å². The van der Waals surface area contributed by atoms with Crippen LogP contribution in [0.4, 0.5) is 14.5 Å². The molecule has 0 bridgehead atoms. The molecule has 3 aromatic rings.